The standard InChI is InChI=1S/C19H14F2N4S/c1-11-3-5-12(6-4-11)16-10-17(13-7-14(20)9-15(21)8-13)25-18(22-16)23-19(24-25)26-2/h3-10H,1-2H3. The SMILES string of the molecule is CSc1nc2nc(-c3ccc(C)cc3)cc(-c3cc(F)cc(F)c3)n2n1. The van der Waals surface area contributed by atoms with Gasteiger partial charge in [-0.1, -0.05) is 41.6 Å². The number of rotatable bonds is 3. The number of halogens is 2. The van der Waals surface area contributed by atoms with E-state index in [1.54, 1.807) is 6.07 Å². The molecular weight excluding hydrogens is 354 g/mol. The van der Waals surface area contributed by atoms with Crippen molar-refractivity contribution < 1.29 is 8.78 Å². The molecule has 4 nitrogen and oxygen atoms in total. The van der Waals surface area contributed by atoms with Crippen molar-refractivity contribution in [3.05, 3.63) is 65.7 Å². The van der Waals surface area contributed by atoms with Gasteiger partial charge in [0.15, 0.2) is 0 Å². The van der Waals surface area contributed by atoms with Gasteiger partial charge in [0.25, 0.3) is 5.78 Å². The lowest BCUT2D eigenvalue weighted by Crippen LogP contribution is -1.99. The third-order valence-electron chi connectivity index (χ3n) is 3.98. The van der Waals surface area contributed by atoms with E-state index in [4.69, 9.17) is 0 Å². The van der Waals surface area contributed by atoms with E-state index < -0.39 is 11.6 Å². The zero-order chi connectivity index (χ0) is 18.3. The Hall–Kier alpha value is -2.80. The number of aromatic nitrogens is 4. The number of hydrogen-bond donors (Lipinski definition) is 0. The molecule has 130 valence electrons. The maximum absolute atomic E-state index is 13.7. The zero-order valence-electron chi connectivity index (χ0n) is 14.1. The molecule has 0 radical (unpaired) electrons. The van der Waals surface area contributed by atoms with Gasteiger partial charge < -0.3 is 0 Å². The van der Waals surface area contributed by atoms with Crippen molar-refractivity contribution in [3.8, 4) is 22.5 Å². The van der Waals surface area contributed by atoms with Gasteiger partial charge in [-0.3, -0.25) is 0 Å². The molecule has 0 amide bonds. The first-order valence-electron chi connectivity index (χ1n) is 7.89. The highest BCUT2D eigenvalue weighted by Crippen LogP contribution is 2.28. The van der Waals surface area contributed by atoms with E-state index >= 15 is 0 Å². The van der Waals surface area contributed by atoms with Crippen molar-refractivity contribution >= 4 is 17.5 Å². The van der Waals surface area contributed by atoms with Crippen LogP contribution in [0.25, 0.3) is 28.3 Å². The molecule has 0 unspecified atom stereocenters. The van der Waals surface area contributed by atoms with Crippen LogP contribution in [0.2, 0.25) is 0 Å². The van der Waals surface area contributed by atoms with Crippen LogP contribution in [0, 0.1) is 18.6 Å². The van der Waals surface area contributed by atoms with E-state index in [0.29, 0.717) is 27.9 Å². The Kier molecular flexibility index (Phi) is 4.16. The lowest BCUT2D eigenvalue weighted by molar-refractivity contribution is 0.584. The number of nitrogens with zero attached hydrogens (tertiary/aromatic N) is 4. The molecule has 26 heavy (non-hydrogen) atoms. The van der Waals surface area contributed by atoms with E-state index in [1.165, 1.54) is 28.4 Å². The summed E-state index contributed by atoms with van der Waals surface area (Å²) >= 11 is 1.38. The molecule has 2 heterocycles. The first kappa shape index (κ1) is 16.7. The van der Waals surface area contributed by atoms with Gasteiger partial charge in [-0.25, -0.2) is 13.8 Å². The fraction of sp³-hybridized carbons (Fsp3) is 0.105. The molecule has 0 aliphatic heterocycles. The van der Waals surface area contributed by atoms with Gasteiger partial charge in [-0.15, -0.1) is 5.10 Å². The van der Waals surface area contributed by atoms with Gasteiger partial charge in [0.1, 0.15) is 11.6 Å². The summed E-state index contributed by atoms with van der Waals surface area (Å²) in [5, 5.41) is 4.92. The second-order valence-electron chi connectivity index (χ2n) is 5.86. The van der Waals surface area contributed by atoms with E-state index in [1.807, 2.05) is 37.4 Å². The zero-order valence-corrected chi connectivity index (χ0v) is 14.9. The van der Waals surface area contributed by atoms with Crippen LogP contribution in [0.4, 0.5) is 8.78 Å². The summed E-state index contributed by atoms with van der Waals surface area (Å²) in [6, 6.07) is 13.0. The lowest BCUT2D eigenvalue weighted by atomic mass is 10.1. The van der Waals surface area contributed by atoms with Gasteiger partial charge in [-0.05, 0) is 31.4 Å². The predicted molar refractivity (Wildman–Crippen MR) is 98.1 cm³/mol. The lowest BCUT2D eigenvalue weighted by Gasteiger charge is -2.08. The Morgan fingerprint density at radius 3 is 2.23 bits per heavy atom. The number of hydrogen-bond acceptors (Lipinski definition) is 4. The Labute approximate surface area is 152 Å². The predicted octanol–water partition coefficient (Wildman–Crippen LogP) is 4.77. The van der Waals surface area contributed by atoms with Crippen molar-refractivity contribution in [3.63, 3.8) is 0 Å². The molecule has 4 aromatic rings. The van der Waals surface area contributed by atoms with Crippen molar-refractivity contribution in [2.24, 2.45) is 0 Å². The summed E-state index contributed by atoms with van der Waals surface area (Å²) < 4.78 is 29.0. The molecule has 0 N–H and O–H groups in total. The van der Waals surface area contributed by atoms with Gasteiger partial charge in [0.2, 0.25) is 5.16 Å². The smallest absolute Gasteiger partial charge is 0.211 e. The Morgan fingerprint density at radius 2 is 1.58 bits per heavy atom. The summed E-state index contributed by atoms with van der Waals surface area (Å²) in [6.07, 6.45) is 1.86. The molecule has 0 saturated carbocycles. The second kappa shape index (κ2) is 6.49. The summed E-state index contributed by atoms with van der Waals surface area (Å²) in [7, 11) is 0. The quantitative estimate of drug-likeness (QED) is 0.489. The van der Waals surface area contributed by atoms with Crippen LogP contribution >= 0.6 is 11.8 Å². The second-order valence-corrected chi connectivity index (χ2v) is 6.63. The molecular formula is C19H14F2N4S. The van der Waals surface area contributed by atoms with Crippen LogP contribution in [0.15, 0.2) is 53.7 Å². The fourth-order valence-electron chi connectivity index (χ4n) is 2.72. The molecule has 4 rings (SSSR count). The van der Waals surface area contributed by atoms with Crippen molar-refractivity contribution in [1.29, 1.82) is 0 Å². The van der Waals surface area contributed by atoms with E-state index in [9.17, 15) is 8.78 Å². The molecule has 0 fully saturated rings. The van der Waals surface area contributed by atoms with Crippen LogP contribution in [0.5, 0.6) is 0 Å². The van der Waals surface area contributed by atoms with Crippen molar-refractivity contribution in [1.82, 2.24) is 19.6 Å². The highest BCUT2D eigenvalue weighted by molar-refractivity contribution is 7.98. The van der Waals surface area contributed by atoms with Crippen LogP contribution in [-0.4, -0.2) is 25.8 Å². The molecule has 0 aliphatic carbocycles. The molecule has 0 aliphatic rings. The maximum Gasteiger partial charge on any atom is 0.254 e. The molecule has 0 bridgehead atoms. The molecule has 7 heteroatoms. The molecule has 0 saturated heterocycles. The first-order valence-corrected chi connectivity index (χ1v) is 9.11. The van der Waals surface area contributed by atoms with Gasteiger partial charge in [0, 0.05) is 17.2 Å². The summed E-state index contributed by atoms with van der Waals surface area (Å²) in [5.74, 6) is -0.911. The van der Waals surface area contributed by atoms with Gasteiger partial charge in [-0.2, -0.15) is 9.50 Å². The number of fused-ring (bicyclic) bond motifs is 1. The fourth-order valence-corrected chi connectivity index (χ4v) is 3.05. The Morgan fingerprint density at radius 1 is 0.885 bits per heavy atom. The number of thioether (sulfide) groups is 1. The first-order chi connectivity index (χ1) is 12.5. The molecule has 0 spiro atoms. The van der Waals surface area contributed by atoms with E-state index in [-0.39, 0.29) is 0 Å². The molecule has 2 aromatic heterocycles. The van der Waals surface area contributed by atoms with Gasteiger partial charge in [0.05, 0.1) is 11.4 Å². The van der Waals surface area contributed by atoms with E-state index in [0.717, 1.165) is 17.2 Å². The topological polar surface area (TPSA) is 43.1 Å². The third-order valence-corrected chi connectivity index (χ3v) is 4.52. The van der Waals surface area contributed by atoms with Gasteiger partial charge >= 0.3 is 0 Å². The van der Waals surface area contributed by atoms with Crippen LogP contribution in [0.3, 0.4) is 0 Å². The molecule has 0 atom stereocenters. The minimum absolute atomic E-state index is 0.376. The monoisotopic (exact) mass is 368 g/mol. The normalized spacial score (nSPS) is 11.2. The minimum Gasteiger partial charge on any atom is -0.211 e. The van der Waals surface area contributed by atoms with E-state index in [2.05, 4.69) is 15.1 Å². The Bertz CT molecular complexity index is 1090. The average molecular weight is 368 g/mol. The summed E-state index contributed by atoms with van der Waals surface area (Å²) in [6.45, 7) is 2.00. The van der Waals surface area contributed by atoms with Crippen LogP contribution < -0.4 is 0 Å². The minimum atomic E-state index is -0.646. The van der Waals surface area contributed by atoms with Crippen molar-refractivity contribution in [2.75, 3.05) is 6.26 Å². The summed E-state index contributed by atoms with van der Waals surface area (Å²) in [4.78, 5) is 8.95. The molecule has 2 aromatic carbocycles. The number of benzene rings is 2. The van der Waals surface area contributed by atoms with Crippen LogP contribution in [-0.2, 0) is 0 Å². The highest BCUT2D eigenvalue weighted by atomic mass is 32.2. The summed E-state index contributed by atoms with van der Waals surface area (Å²) in [5.41, 5.74) is 3.59. The van der Waals surface area contributed by atoms with Crippen molar-refractivity contribution in [2.45, 2.75) is 12.1 Å². The average Bonchev–Trinajstić information content (AvgIpc) is 3.04. The highest BCUT2D eigenvalue weighted by Gasteiger charge is 2.15. The largest absolute Gasteiger partial charge is 0.254 e. The Balaban J connectivity index is 1.99. The van der Waals surface area contributed by atoms with Crippen LogP contribution in [0.1, 0.15) is 5.56 Å². The number of aryl methyl sites for hydroxylation is 1. The third kappa shape index (κ3) is 3.06. The maximum atomic E-state index is 13.7.